The highest BCUT2D eigenvalue weighted by Crippen LogP contribution is 1.93. The maximum atomic E-state index is 10.7. The van der Waals surface area contributed by atoms with E-state index in [4.69, 9.17) is 17.2 Å². The Kier molecular flexibility index (Phi) is 5.62. The van der Waals surface area contributed by atoms with Crippen LogP contribution in [-0.2, 0) is 4.79 Å². The first-order valence-corrected chi connectivity index (χ1v) is 2.69. The second-order valence-electron chi connectivity index (χ2n) is 1.92. The molecule has 6 nitrogen and oxygen atoms in total. The Morgan fingerprint density at radius 2 is 1.67 bits per heavy atom. The maximum absolute atomic E-state index is 10.7. The molecular weight excluding hydrogens is 205 g/mol. The molecule has 8 heteroatoms. The number of nitrogens with two attached hydrogens (primary N) is 3. The molecule has 0 aliphatic carbocycles. The number of hydrogen-bond acceptors (Lipinski definition) is 5. The van der Waals surface area contributed by atoms with Crippen LogP contribution in [0.3, 0.4) is 0 Å². The number of hydrogen-bond donors (Lipinski definition) is 5. The Morgan fingerprint density at radius 1 is 1.17 bits per heavy atom. The minimum atomic E-state index is -0.639. The Balaban J connectivity index is 0. The van der Waals surface area contributed by atoms with E-state index < -0.39 is 12.2 Å². The van der Waals surface area contributed by atoms with Gasteiger partial charge in [0.25, 0.3) is 5.91 Å². The van der Waals surface area contributed by atoms with Gasteiger partial charge in [0.2, 0.25) is 0 Å². The van der Waals surface area contributed by atoms with Gasteiger partial charge in [0.15, 0.2) is 6.29 Å². The fourth-order valence-electron chi connectivity index (χ4n) is 0.623. The van der Waals surface area contributed by atoms with Crippen molar-refractivity contribution in [3.63, 3.8) is 0 Å². The van der Waals surface area contributed by atoms with E-state index in [2.05, 4.69) is 10.6 Å². The van der Waals surface area contributed by atoms with Crippen molar-refractivity contribution in [2.45, 2.75) is 6.29 Å². The zero-order valence-corrected chi connectivity index (χ0v) is 7.67. The van der Waals surface area contributed by atoms with Gasteiger partial charge in [-0.1, -0.05) is 0 Å². The summed E-state index contributed by atoms with van der Waals surface area (Å²) in [5.74, 6) is -0.319. The van der Waals surface area contributed by atoms with Gasteiger partial charge in [0.05, 0.1) is 0 Å². The van der Waals surface area contributed by atoms with Gasteiger partial charge < -0.3 is 22.1 Å². The lowest BCUT2D eigenvalue weighted by Crippen LogP contribution is -2.58. The normalized spacial score (nSPS) is 21.4. The fraction of sp³-hybridized carbons (Fsp3) is 0.250. The summed E-state index contributed by atoms with van der Waals surface area (Å²) in [4.78, 5) is 10.7. The first-order chi connectivity index (χ1) is 4.61. The lowest BCUT2D eigenvalue weighted by atomic mass is 10.3. The summed E-state index contributed by atoms with van der Waals surface area (Å²) >= 11 is 0. The van der Waals surface area contributed by atoms with Crippen LogP contribution in [0.25, 0.3) is 0 Å². The minimum Gasteiger partial charge on any atom is -0.391 e. The highest BCUT2D eigenvalue weighted by molar-refractivity contribution is 5.93. The topological polar surface area (TPSA) is 119 Å². The molecule has 0 fully saturated rings. The lowest BCUT2D eigenvalue weighted by Gasteiger charge is -2.22. The molecule has 1 heterocycles. The summed E-state index contributed by atoms with van der Waals surface area (Å²) in [6, 6.07) is 0. The minimum absolute atomic E-state index is 0. The van der Waals surface area contributed by atoms with Gasteiger partial charge in [-0.25, -0.2) is 0 Å². The number of carbonyl (C=O) groups is 1. The third-order valence-electron chi connectivity index (χ3n) is 1.13. The second-order valence-corrected chi connectivity index (χ2v) is 1.92. The molecule has 0 spiro atoms. The largest absolute Gasteiger partial charge is 0.391 e. The van der Waals surface area contributed by atoms with E-state index in [1.807, 2.05) is 0 Å². The van der Waals surface area contributed by atoms with E-state index in [-0.39, 0.29) is 36.3 Å². The van der Waals surface area contributed by atoms with Gasteiger partial charge in [-0.05, 0) is 0 Å². The molecule has 0 saturated heterocycles. The van der Waals surface area contributed by atoms with E-state index in [9.17, 15) is 4.79 Å². The second kappa shape index (κ2) is 4.91. The van der Waals surface area contributed by atoms with Crippen LogP contribution in [0.2, 0.25) is 0 Å². The van der Waals surface area contributed by atoms with E-state index in [0.717, 1.165) is 0 Å². The standard InChI is InChI=1S/C4H9N5O.2ClH/c5-1-2(6)8-4(7)9-3(1)10;;/h4,8H,5-7H2,(H,9,10);2*1H. The number of carbonyl (C=O) groups excluding carboxylic acids is 1. The molecular formula is C4H11Cl2N5O. The zero-order chi connectivity index (χ0) is 7.72. The Labute approximate surface area is 81.7 Å². The van der Waals surface area contributed by atoms with Gasteiger partial charge in [-0.3, -0.25) is 10.5 Å². The van der Waals surface area contributed by atoms with Crippen molar-refractivity contribution < 1.29 is 4.79 Å². The van der Waals surface area contributed by atoms with Crippen LogP contribution in [-0.4, -0.2) is 12.2 Å². The van der Waals surface area contributed by atoms with Crippen LogP contribution >= 0.6 is 24.8 Å². The van der Waals surface area contributed by atoms with Gasteiger partial charge in [-0.15, -0.1) is 24.8 Å². The summed E-state index contributed by atoms with van der Waals surface area (Å²) in [6.07, 6.45) is -0.639. The molecule has 72 valence electrons. The molecule has 0 radical (unpaired) electrons. The summed E-state index contributed by atoms with van der Waals surface area (Å²) in [5, 5.41) is 4.86. The van der Waals surface area contributed by atoms with Crippen molar-refractivity contribution >= 4 is 30.7 Å². The summed E-state index contributed by atoms with van der Waals surface area (Å²) < 4.78 is 0. The van der Waals surface area contributed by atoms with E-state index in [1.54, 1.807) is 0 Å². The number of amides is 1. The molecule has 1 aliphatic heterocycles. The molecule has 8 N–H and O–H groups in total. The van der Waals surface area contributed by atoms with Crippen LogP contribution in [0.15, 0.2) is 11.5 Å². The van der Waals surface area contributed by atoms with Crippen LogP contribution in [0.5, 0.6) is 0 Å². The van der Waals surface area contributed by atoms with Crippen LogP contribution in [0.4, 0.5) is 0 Å². The maximum Gasteiger partial charge on any atom is 0.273 e. The SMILES string of the molecule is Cl.Cl.NC1=C(N)C(=O)NC(N)N1. The monoisotopic (exact) mass is 215 g/mol. The number of rotatable bonds is 0. The third-order valence-corrected chi connectivity index (χ3v) is 1.13. The Hall–Kier alpha value is -0.850. The summed E-state index contributed by atoms with van der Waals surface area (Å²) in [5.41, 5.74) is 15.7. The third kappa shape index (κ3) is 2.65. The average molecular weight is 216 g/mol. The highest BCUT2D eigenvalue weighted by atomic mass is 35.5. The van der Waals surface area contributed by atoms with Crippen LogP contribution < -0.4 is 27.8 Å². The molecule has 1 atom stereocenters. The van der Waals surface area contributed by atoms with E-state index in [0.29, 0.717) is 0 Å². The van der Waals surface area contributed by atoms with Crippen molar-refractivity contribution in [1.29, 1.82) is 0 Å². The molecule has 1 unspecified atom stereocenters. The Bertz CT molecular complexity index is 206. The van der Waals surface area contributed by atoms with Crippen LogP contribution in [0.1, 0.15) is 0 Å². The van der Waals surface area contributed by atoms with Crippen molar-refractivity contribution in [1.82, 2.24) is 10.6 Å². The van der Waals surface area contributed by atoms with E-state index >= 15 is 0 Å². The van der Waals surface area contributed by atoms with Gasteiger partial charge >= 0.3 is 0 Å². The molecule has 0 aromatic heterocycles. The number of nitrogens with one attached hydrogen (secondary N) is 2. The smallest absolute Gasteiger partial charge is 0.273 e. The summed E-state index contributed by atoms with van der Waals surface area (Å²) in [7, 11) is 0. The Morgan fingerprint density at radius 3 is 2.08 bits per heavy atom. The van der Waals surface area contributed by atoms with Gasteiger partial charge in [-0.2, -0.15) is 0 Å². The molecule has 0 saturated carbocycles. The quantitative estimate of drug-likeness (QED) is 0.317. The lowest BCUT2D eigenvalue weighted by molar-refractivity contribution is -0.119. The summed E-state index contributed by atoms with van der Waals surface area (Å²) in [6.45, 7) is 0. The molecule has 12 heavy (non-hydrogen) atoms. The van der Waals surface area contributed by atoms with Gasteiger partial charge in [0.1, 0.15) is 11.5 Å². The predicted molar refractivity (Wildman–Crippen MR) is 49.2 cm³/mol. The number of halogens is 2. The molecule has 1 aliphatic rings. The van der Waals surface area contributed by atoms with Crippen molar-refractivity contribution in [2.24, 2.45) is 17.2 Å². The van der Waals surface area contributed by atoms with Crippen LogP contribution in [0, 0.1) is 0 Å². The predicted octanol–water partition coefficient (Wildman–Crippen LogP) is -2.12. The highest BCUT2D eigenvalue weighted by Gasteiger charge is 2.18. The molecule has 0 aromatic rings. The van der Waals surface area contributed by atoms with Crippen molar-refractivity contribution in [2.75, 3.05) is 0 Å². The van der Waals surface area contributed by atoms with Crippen molar-refractivity contribution in [3.05, 3.63) is 11.5 Å². The molecule has 1 amide bonds. The molecule has 0 bridgehead atoms. The first-order valence-electron chi connectivity index (χ1n) is 2.69. The average Bonchev–Trinajstić information content (AvgIpc) is 1.82. The molecule has 1 rings (SSSR count). The van der Waals surface area contributed by atoms with E-state index in [1.165, 1.54) is 0 Å². The first kappa shape index (κ1) is 13.7. The molecule has 0 aromatic carbocycles. The van der Waals surface area contributed by atoms with Crippen molar-refractivity contribution in [3.8, 4) is 0 Å². The zero-order valence-electron chi connectivity index (χ0n) is 6.03. The fourth-order valence-corrected chi connectivity index (χ4v) is 0.623. The van der Waals surface area contributed by atoms with Gasteiger partial charge in [0, 0.05) is 0 Å².